The van der Waals surface area contributed by atoms with Gasteiger partial charge in [0.1, 0.15) is 5.82 Å². The Kier molecular flexibility index (Phi) is 4.59. The molecular formula is C14H15ClFN3O2. The number of nitrogens with zero attached hydrogens (tertiary/aromatic N) is 2. The summed E-state index contributed by atoms with van der Waals surface area (Å²) in [5.74, 6) is -0.947. The van der Waals surface area contributed by atoms with E-state index in [9.17, 15) is 14.3 Å². The highest BCUT2D eigenvalue weighted by atomic mass is 35.5. The maximum atomic E-state index is 13.3. The van der Waals surface area contributed by atoms with Crippen molar-refractivity contribution in [2.24, 2.45) is 7.05 Å². The first-order chi connectivity index (χ1) is 9.90. The Morgan fingerprint density at radius 2 is 2.29 bits per heavy atom. The molecule has 0 aliphatic heterocycles. The highest BCUT2D eigenvalue weighted by molar-refractivity contribution is 6.30. The van der Waals surface area contributed by atoms with Gasteiger partial charge in [0.05, 0.1) is 22.9 Å². The number of benzene rings is 1. The van der Waals surface area contributed by atoms with Gasteiger partial charge in [0, 0.05) is 19.3 Å². The lowest BCUT2D eigenvalue weighted by Crippen LogP contribution is -2.28. The van der Waals surface area contributed by atoms with Crippen LogP contribution in [0.5, 0.6) is 0 Å². The minimum absolute atomic E-state index is 0.0130. The number of amides is 1. The molecule has 0 aliphatic carbocycles. The zero-order valence-electron chi connectivity index (χ0n) is 11.6. The summed E-state index contributed by atoms with van der Waals surface area (Å²) in [6.45, 7) is 1.74. The van der Waals surface area contributed by atoms with E-state index in [1.807, 2.05) is 0 Å². The lowest BCUT2D eigenvalue weighted by molar-refractivity contribution is 0.0915. The summed E-state index contributed by atoms with van der Waals surface area (Å²) < 4.78 is 14.9. The molecule has 1 aromatic heterocycles. The van der Waals surface area contributed by atoms with E-state index in [2.05, 4.69) is 10.4 Å². The number of aromatic nitrogens is 2. The van der Waals surface area contributed by atoms with Gasteiger partial charge in [0.25, 0.3) is 5.91 Å². The van der Waals surface area contributed by atoms with Crippen molar-refractivity contribution in [2.75, 3.05) is 6.54 Å². The van der Waals surface area contributed by atoms with Crippen LogP contribution in [0.25, 0.3) is 0 Å². The van der Waals surface area contributed by atoms with Gasteiger partial charge in [-0.15, -0.1) is 0 Å². The van der Waals surface area contributed by atoms with Crippen LogP contribution < -0.4 is 5.32 Å². The Morgan fingerprint density at radius 3 is 2.86 bits per heavy atom. The number of nitrogens with one attached hydrogen (secondary N) is 1. The normalized spacial score (nSPS) is 12.2. The molecule has 1 unspecified atom stereocenters. The fourth-order valence-corrected chi connectivity index (χ4v) is 1.96. The third kappa shape index (κ3) is 3.40. The largest absolute Gasteiger partial charge is 0.387 e. The Hall–Kier alpha value is -1.92. The summed E-state index contributed by atoms with van der Waals surface area (Å²) in [6, 6.07) is 4.02. The van der Waals surface area contributed by atoms with Gasteiger partial charge < -0.3 is 10.4 Å². The second kappa shape index (κ2) is 6.24. The van der Waals surface area contributed by atoms with Gasteiger partial charge in [0.15, 0.2) is 0 Å². The van der Waals surface area contributed by atoms with Gasteiger partial charge in [0.2, 0.25) is 0 Å². The zero-order valence-corrected chi connectivity index (χ0v) is 12.4. The van der Waals surface area contributed by atoms with E-state index in [0.717, 1.165) is 11.8 Å². The fourth-order valence-electron chi connectivity index (χ4n) is 1.84. The van der Waals surface area contributed by atoms with E-state index >= 15 is 0 Å². The van der Waals surface area contributed by atoms with E-state index < -0.39 is 11.9 Å². The van der Waals surface area contributed by atoms with Crippen molar-refractivity contribution in [1.29, 1.82) is 0 Å². The molecule has 7 heteroatoms. The summed E-state index contributed by atoms with van der Waals surface area (Å²) >= 11 is 5.58. The van der Waals surface area contributed by atoms with E-state index in [0.29, 0.717) is 11.1 Å². The van der Waals surface area contributed by atoms with Gasteiger partial charge >= 0.3 is 0 Å². The van der Waals surface area contributed by atoms with Gasteiger partial charge in [-0.25, -0.2) is 4.39 Å². The standard InChI is InChI=1S/C14H15ClFN3O2/c1-8-10(6-18-19(8)2)14(21)17-7-13(20)9-3-4-11(15)12(16)5-9/h3-6,13,20H,7H2,1-2H3,(H,17,21). The topological polar surface area (TPSA) is 67.2 Å². The molecule has 2 rings (SSSR count). The van der Waals surface area contributed by atoms with Crippen molar-refractivity contribution in [1.82, 2.24) is 15.1 Å². The number of aliphatic hydroxyl groups excluding tert-OH is 1. The molecule has 0 saturated heterocycles. The van der Waals surface area contributed by atoms with Crippen LogP contribution in [0, 0.1) is 12.7 Å². The van der Waals surface area contributed by atoms with Gasteiger partial charge in [-0.2, -0.15) is 5.10 Å². The number of carbonyl (C=O) groups excluding carboxylic acids is 1. The molecule has 1 heterocycles. The lowest BCUT2D eigenvalue weighted by Gasteiger charge is -2.12. The average molecular weight is 312 g/mol. The summed E-state index contributed by atoms with van der Waals surface area (Å²) in [5, 5.41) is 16.5. The van der Waals surface area contributed by atoms with E-state index in [-0.39, 0.29) is 17.5 Å². The number of aliphatic hydroxyl groups is 1. The predicted molar refractivity (Wildman–Crippen MR) is 76.6 cm³/mol. The van der Waals surface area contributed by atoms with Crippen LogP contribution in [0.2, 0.25) is 5.02 Å². The van der Waals surface area contributed by atoms with Crippen molar-refractivity contribution >= 4 is 17.5 Å². The monoisotopic (exact) mass is 311 g/mol. The molecule has 0 saturated carbocycles. The minimum Gasteiger partial charge on any atom is -0.387 e. The third-order valence-electron chi connectivity index (χ3n) is 3.26. The van der Waals surface area contributed by atoms with Gasteiger partial charge in [-0.3, -0.25) is 9.48 Å². The second-order valence-corrected chi connectivity index (χ2v) is 5.07. The Bertz CT molecular complexity index is 672. The van der Waals surface area contributed by atoms with Gasteiger partial charge in [-0.05, 0) is 24.6 Å². The number of halogens is 2. The molecule has 2 N–H and O–H groups in total. The summed E-state index contributed by atoms with van der Waals surface area (Å²) in [5.41, 5.74) is 1.51. The maximum Gasteiger partial charge on any atom is 0.254 e. The van der Waals surface area contributed by atoms with E-state index in [4.69, 9.17) is 11.6 Å². The van der Waals surface area contributed by atoms with Crippen molar-refractivity contribution in [3.05, 3.63) is 52.1 Å². The van der Waals surface area contributed by atoms with E-state index in [1.165, 1.54) is 18.3 Å². The van der Waals surface area contributed by atoms with Crippen molar-refractivity contribution in [2.45, 2.75) is 13.0 Å². The predicted octanol–water partition coefficient (Wildman–Crippen LogP) is 1.98. The molecule has 0 radical (unpaired) electrons. The first-order valence-electron chi connectivity index (χ1n) is 6.30. The molecule has 1 atom stereocenters. The van der Waals surface area contributed by atoms with Crippen LogP contribution in [0.4, 0.5) is 4.39 Å². The van der Waals surface area contributed by atoms with Crippen molar-refractivity contribution in [3.63, 3.8) is 0 Å². The second-order valence-electron chi connectivity index (χ2n) is 4.67. The molecule has 1 amide bonds. The molecule has 0 spiro atoms. The zero-order chi connectivity index (χ0) is 15.6. The Balaban J connectivity index is 2.00. The number of carbonyl (C=O) groups is 1. The third-order valence-corrected chi connectivity index (χ3v) is 3.57. The van der Waals surface area contributed by atoms with Crippen LogP contribution in [0.1, 0.15) is 27.7 Å². The average Bonchev–Trinajstić information content (AvgIpc) is 2.79. The van der Waals surface area contributed by atoms with Crippen LogP contribution in [-0.2, 0) is 7.05 Å². The highest BCUT2D eigenvalue weighted by Gasteiger charge is 2.15. The minimum atomic E-state index is -1.02. The van der Waals surface area contributed by atoms with E-state index in [1.54, 1.807) is 18.7 Å². The SMILES string of the molecule is Cc1c(C(=O)NCC(O)c2ccc(Cl)c(F)c2)cnn1C. The van der Waals surface area contributed by atoms with Crippen molar-refractivity contribution < 1.29 is 14.3 Å². The van der Waals surface area contributed by atoms with Crippen LogP contribution in [-0.4, -0.2) is 27.3 Å². The fraction of sp³-hybridized carbons (Fsp3) is 0.286. The number of rotatable bonds is 4. The first-order valence-corrected chi connectivity index (χ1v) is 6.67. The first kappa shape index (κ1) is 15.5. The number of hydrogen-bond donors (Lipinski definition) is 2. The summed E-state index contributed by atoms with van der Waals surface area (Å²) in [7, 11) is 1.73. The smallest absolute Gasteiger partial charge is 0.254 e. The highest BCUT2D eigenvalue weighted by Crippen LogP contribution is 2.20. The maximum absolute atomic E-state index is 13.3. The summed E-state index contributed by atoms with van der Waals surface area (Å²) in [4.78, 5) is 12.0. The van der Waals surface area contributed by atoms with Crippen molar-refractivity contribution in [3.8, 4) is 0 Å². The molecule has 5 nitrogen and oxygen atoms in total. The Labute approximate surface area is 126 Å². The molecule has 0 bridgehead atoms. The van der Waals surface area contributed by atoms with Crippen LogP contribution >= 0.6 is 11.6 Å². The van der Waals surface area contributed by atoms with Gasteiger partial charge in [-0.1, -0.05) is 17.7 Å². The molecular weight excluding hydrogens is 297 g/mol. The molecule has 1 aromatic carbocycles. The summed E-state index contributed by atoms with van der Waals surface area (Å²) in [6.07, 6.45) is 0.441. The molecule has 0 fully saturated rings. The number of aryl methyl sites for hydroxylation is 1. The molecule has 21 heavy (non-hydrogen) atoms. The quantitative estimate of drug-likeness (QED) is 0.907. The number of hydrogen-bond acceptors (Lipinski definition) is 3. The van der Waals surface area contributed by atoms with Crippen LogP contribution in [0.15, 0.2) is 24.4 Å². The lowest BCUT2D eigenvalue weighted by atomic mass is 10.1. The molecule has 0 aliphatic rings. The van der Waals surface area contributed by atoms with Crippen LogP contribution in [0.3, 0.4) is 0 Å². The Morgan fingerprint density at radius 1 is 1.57 bits per heavy atom. The molecule has 2 aromatic rings. The molecule has 112 valence electrons.